The molecule has 4 fully saturated rings. The molecule has 3 aromatic carbocycles. The number of hydrogen-bond donors (Lipinski definition) is 0. The SMILES string of the molecule is Clc1cccc(-c2ccc3c(c2)-c2ccccc2C32C3CC4CC(C3)C2C4)c1. The van der Waals surface area contributed by atoms with Gasteiger partial charge in [-0.3, -0.25) is 0 Å². The third-order valence-corrected chi connectivity index (χ3v) is 8.75. The average Bonchev–Trinajstić information content (AvgIpc) is 3.26. The average molecular weight is 383 g/mol. The van der Waals surface area contributed by atoms with Crippen molar-refractivity contribution in [2.24, 2.45) is 23.7 Å². The first-order chi connectivity index (χ1) is 13.7. The Kier molecular flexibility index (Phi) is 3.00. The molecule has 5 aliphatic rings. The van der Waals surface area contributed by atoms with E-state index in [-0.39, 0.29) is 5.41 Å². The highest BCUT2D eigenvalue weighted by molar-refractivity contribution is 6.30. The Morgan fingerprint density at radius 3 is 2.46 bits per heavy atom. The fourth-order valence-electron chi connectivity index (χ4n) is 7.83. The predicted octanol–water partition coefficient (Wildman–Crippen LogP) is 7.34. The van der Waals surface area contributed by atoms with E-state index in [1.54, 1.807) is 11.1 Å². The maximum atomic E-state index is 6.28. The van der Waals surface area contributed by atoms with E-state index in [4.69, 9.17) is 11.6 Å². The highest BCUT2D eigenvalue weighted by atomic mass is 35.5. The summed E-state index contributed by atoms with van der Waals surface area (Å²) >= 11 is 6.28. The van der Waals surface area contributed by atoms with Gasteiger partial charge in [0.2, 0.25) is 0 Å². The Labute approximate surface area is 171 Å². The van der Waals surface area contributed by atoms with Crippen LogP contribution in [0.25, 0.3) is 22.3 Å². The van der Waals surface area contributed by atoms with Gasteiger partial charge in [0.15, 0.2) is 0 Å². The van der Waals surface area contributed by atoms with Gasteiger partial charge in [-0.05, 0) is 101 Å². The van der Waals surface area contributed by atoms with Crippen LogP contribution in [0.3, 0.4) is 0 Å². The van der Waals surface area contributed by atoms with Crippen molar-refractivity contribution in [3.05, 3.63) is 82.9 Å². The summed E-state index contributed by atoms with van der Waals surface area (Å²) in [4.78, 5) is 0. The van der Waals surface area contributed by atoms with Crippen molar-refractivity contribution in [2.45, 2.75) is 31.1 Å². The minimum atomic E-state index is 0.288. The van der Waals surface area contributed by atoms with Gasteiger partial charge in [-0.2, -0.15) is 0 Å². The summed E-state index contributed by atoms with van der Waals surface area (Å²) in [6.45, 7) is 0. The Hall–Kier alpha value is -2.05. The minimum absolute atomic E-state index is 0.288. The molecule has 0 aliphatic heterocycles. The number of fused-ring (bicyclic) bond motifs is 3. The van der Waals surface area contributed by atoms with E-state index in [0.29, 0.717) is 0 Å². The molecule has 1 spiro atoms. The summed E-state index contributed by atoms with van der Waals surface area (Å²) in [5.41, 5.74) is 8.99. The molecule has 0 aromatic heterocycles. The lowest BCUT2D eigenvalue weighted by molar-refractivity contribution is 0.191. The van der Waals surface area contributed by atoms with Crippen LogP contribution in [0.1, 0.15) is 36.8 Å². The standard InChI is InChI=1S/C27H23Cl/c28-21-5-3-4-17(14-21)18-8-9-25-23(15-18)22-6-1-2-7-24(22)27(25)20-11-16-10-19(13-20)26(27)12-16/h1-9,14-16,19-20,26H,10-13H2. The number of rotatable bonds is 1. The van der Waals surface area contributed by atoms with Crippen LogP contribution in [0.15, 0.2) is 66.7 Å². The van der Waals surface area contributed by atoms with Crippen molar-refractivity contribution in [1.82, 2.24) is 0 Å². The zero-order valence-electron chi connectivity index (χ0n) is 15.9. The maximum Gasteiger partial charge on any atom is 0.0412 e. The van der Waals surface area contributed by atoms with Gasteiger partial charge in [-0.25, -0.2) is 0 Å². The third kappa shape index (κ3) is 1.79. The molecule has 28 heavy (non-hydrogen) atoms. The van der Waals surface area contributed by atoms with Crippen molar-refractivity contribution in [3.8, 4) is 22.3 Å². The Morgan fingerprint density at radius 1 is 0.714 bits per heavy atom. The quantitative estimate of drug-likeness (QED) is 0.413. The molecule has 0 N–H and O–H groups in total. The largest absolute Gasteiger partial charge is 0.0843 e. The number of halogens is 1. The molecule has 0 radical (unpaired) electrons. The van der Waals surface area contributed by atoms with Crippen LogP contribution in [0.2, 0.25) is 5.02 Å². The van der Waals surface area contributed by atoms with E-state index in [0.717, 1.165) is 28.7 Å². The fourth-order valence-corrected chi connectivity index (χ4v) is 8.02. The lowest BCUT2D eigenvalue weighted by Crippen LogP contribution is -2.40. The third-order valence-electron chi connectivity index (χ3n) is 8.51. The van der Waals surface area contributed by atoms with Crippen molar-refractivity contribution >= 4 is 11.6 Å². The molecule has 0 saturated heterocycles. The first-order valence-electron chi connectivity index (χ1n) is 10.8. The first-order valence-corrected chi connectivity index (χ1v) is 11.1. The highest BCUT2D eigenvalue weighted by Crippen LogP contribution is 2.72. The molecular weight excluding hydrogens is 360 g/mol. The molecule has 4 bridgehead atoms. The second kappa shape index (κ2) is 5.30. The maximum absolute atomic E-state index is 6.28. The van der Waals surface area contributed by atoms with E-state index >= 15 is 0 Å². The molecule has 138 valence electrons. The molecule has 0 heterocycles. The second-order valence-electron chi connectivity index (χ2n) is 9.56. The summed E-state index contributed by atoms with van der Waals surface area (Å²) in [6, 6.07) is 24.8. The Balaban J connectivity index is 1.49. The van der Waals surface area contributed by atoms with Crippen LogP contribution in [0, 0.1) is 23.7 Å². The van der Waals surface area contributed by atoms with E-state index < -0.39 is 0 Å². The summed E-state index contributed by atoms with van der Waals surface area (Å²) < 4.78 is 0. The summed E-state index contributed by atoms with van der Waals surface area (Å²) in [5.74, 6) is 3.65. The molecular formula is C27H23Cl. The molecule has 0 amide bonds. The molecule has 0 nitrogen and oxygen atoms in total. The molecule has 5 unspecified atom stereocenters. The summed E-state index contributed by atoms with van der Waals surface area (Å²) in [7, 11) is 0. The second-order valence-corrected chi connectivity index (χ2v) is 9.99. The predicted molar refractivity (Wildman–Crippen MR) is 116 cm³/mol. The Morgan fingerprint density at radius 2 is 1.57 bits per heavy atom. The van der Waals surface area contributed by atoms with E-state index in [9.17, 15) is 0 Å². The summed E-state index contributed by atoms with van der Waals surface area (Å²) in [5, 5.41) is 0.806. The highest BCUT2D eigenvalue weighted by Gasteiger charge is 2.65. The number of benzene rings is 3. The monoisotopic (exact) mass is 382 g/mol. The van der Waals surface area contributed by atoms with Crippen molar-refractivity contribution in [1.29, 1.82) is 0 Å². The lowest BCUT2D eigenvalue weighted by Gasteiger charge is -2.43. The van der Waals surface area contributed by atoms with Gasteiger partial charge >= 0.3 is 0 Å². The molecule has 5 atom stereocenters. The number of hydrogen-bond acceptors (Lipinski definition) is 0. The van der Waals surface area contributed by atoms with Gasteiger partial charge in [0.05, 0.1) is 0 Å². The molecule has 3 aromatic rings. The van der Waals surface area contributed by atoms with Gasteiger partial charge in [0.1, 0.15) is 0 Å². The van der Waals surface area contributed by atoms with Gasteiger partial charge in [0.25, 0.3) is 0 Å². The fraction of sp³-hybridized carbons (Fsp3) is 0.333. The summed E-state index contributed by atoms with van der Waals surface area (Å²) in [6.07, 6.45) is 5.83. The zero-order valence-corrected chi connectivity index (χ0v) is 16.6. The van der Waals surface area contributed by atoms with Crippen LogP contribution < -0.4 is 0 Å². The first kappa shape index (κ1) is 15.8. The van der Waals surface area contributed by atoms with Crippen molar-refractivity contribution < 1.29 is 0 Å². The van der Waals surface area contributed by atoms with Gasteiger partial charge in [-0.1, -0.05) is 60.1 Å². The van der Waals surface area contributed by atoms with Crippen LogP contribution in [-0.2, 0) is 5.41 Å². The van der Waals surface area contributed by atoms with Crippen molar-refractivity contribution in [3.63, 3.8) is 0 Å². The van der Waals surface area contributed by atoms with Crippen LogP contribution >= 0.6 is 11.6 Å². The molecule has 8 rings (SSSR count). The Bertz CT molecular complexity index is 1120. The van der Waals surface area contributed by atoms with E-state index in [1.807, 2.05) is 6.07 Å². The zero-order chi connectivity index (χ0) is 18.5. The van der Waals surface area contributed by atoms with Crippen molar-refractivity contribution in [2.75, 3.05) is 0 Å². The van der Waals surface area contributed by atoms with Crippen LogP contribution in [-0.4, -0.2) is 0 Å². The van der Waals surface area contributed by atoms with Gasteiger partial charge in [0, 0.05) is 10.4 Å². The minimum Gasteiger partial charge on any atom is -0.0843 e. The van der Waals surface area contributed by atoms with Gasteiger partial charge < -0.3 is 0 Å². The van der Waals surface area contributed by atoms with Crippen LogP contribution in [0.5, 0.6) is 0 Å². The molecule has 5 aliphatic carbocycles. The normalized spacial score (nSPS) is 33.5. The molecule has 1 heteroatoms. The van der Waals surface area contributed by atoms with Gasteiger partial charge in [-0.15, -0.1) is 0 Å². The van der Waals surface area contributed by atoms with E-state index in [1.165, 1.54) is 47.9 Å². The topological polar surface area (TPSA) is 0 Å². The lowest BCUT2D eigenvalue weighted by atomic mass is 9.59. The van der Waals surface area contributed by atoms with Crippen LogP contribution in [0.4, 0.5) is 0 Å². The molecule has 4 saturated carbocycles. The smallest absolute Gasteiger partial charge is 0.0412 e. The van der Waals surface area contributed by atoms with E-state index in [2.05, 4.69) is 60.7 Å².